The number of nitrogen functional groups attached to an aromatic ring is 1. The van der Waals surface area contributed by atoms with Crippen molar-refractivity contribution in [2.45, 2.75) is 12.0 Å². The van der Waals surface area contributed by atoms with E-state index in [0.717, 1.165) is 0 Å². The first kappa shape index (κ1) is 13.0. The van der Waals surface area contributed by atoms with Crippen molar-refractivity contribution in [1.82, 2.24) is 20.0 Å². The highest BCUT2D eigenvalue weighted by Gasteiger charge is 2.49. The van der Waals surface area contributed by atoms with E-state index in [1.165, 1.54) is 4.90 Å². The standard InChI is InChI=1S/C11H14ClN5O3/c1-16-4-11(20-10(16)19)2-3-17(5-11)9(18)7-6(12)8(13)15-14-7/h2-5H2,1H3,(H3,13,14,15)/t11-/m0/s1. The number of likely N-dealkylation sites (tertiary alicyclic amines) is 1. The SMILES string of the molecule is CN1C[C@]2(CCN(C(=O)c3[nH]nc(N)c3Cl)C2)OC1=O. The van der Waals surface area contributed by atoms with E-state index in [4.69, 9.17) is 22.1 Å². The summed E-state index contributed by atoms with van der Waals surface area (Å²) in [6, 6.07) is 0. The van der Waals surface area contributed by atoms with Crippen molar-refractivity contribution in [3.05, 3.63) is 10.7 Å². The number of hydrogen-bond acceptors (Lipinski definition) is 5. The van der Waals surface area contributed by atoms with Crippen molar-refractivity contribution < 1.29 is 14.3 Å². The van der Waals surface area contributed by atoms with Crippen LogP contribution in [0.25, 0.3) is 0 Å². The number of nitrogens with zero attached hydrogens (tertiary/aromatic N) is 3. The van der Waals surface area contributed by atoms with Crippen LogP contribution in [0.2, 0.25) is 5.02 Å². The molecule has 8 nitrogen and oxygen atoms in total. The number of ether oxygens (including phenoxy) is 1. The lowest BCUT2D eigenvalue weighted by Crippen LogP contribution is -2.39. The number of hydrogen-bond donors (Lipinski definition) is 2. The van der Waals surface area contributed by atoms with Gasteiger partial charge in [0.2, 0.25) is 0 Å². The van der Waals surface area contributed by atoms with Crippen molar-refractivity contribution in [3.63, 3.8) is 0 Å². The predicted octanol–water partition coefficient (Wildman–Crippen LogP) is 0.312. The molecule has 1 aromatic heterocycles. The highest BCUT2D eigenvalue weighted by molar-refractivity contribution is 6.35. The zero-order valence-electron chi connectivity index (χ0n) is 10.9. The first-order valence-corrected chi connectivity index (χ1v) is 6.52. The number of nitrogens with one attached hydrogen (secondary N) is 1. The van der Waals surface area contributed by atoms with Gasteiger partial charge < -0.3 is 20.3 Å². The average molecular weight is 300 g/mol. The number of nitrogens with two attached hydrogens (primary N) is 1. The van der Waals surface area contributed by atoms with Gasteiger partial charge in [0.25, 0.3) is 5.91 Å². The second-order valence-electron chi connectivity index (χ2n) is 5.18. The largest absolute Gasteiger partial charge is 0.439 e. The van der Waals surface area contributed by atoms with Gasteiger partial charge in [-0.3, -0.25) is 9.89 Å². The molecule has 2 fully saturated rings. The van der Waals surface area contributed by atoms with Gasteiger partial charge in [-0.2, -0.15) is 5.10 Å². The number of rotatable bonds is 1. The van der Waals surface area contributed by atoms with E-state index in [2.05, 4.69) is 10.2 Å². The van der Waals surface area contributed by atoms with Gasteiger partial charge in [0, 0.05) is 20.0 Å². The van der Waals surface area contributed by atoms with E-state index in [-0.39, 0.29) is 28.5 Å². The van der Waals surface area contributed by atoms with Crippen molar-refractivity contribution in [2.75, 3.05) is 32.4 Å². The van der Waals surface area contributed by atoms with Crippen LogP contribution in [-0.2, 0) is 4.74 Å². The van der Waals surface area contributed by atoms with Crippen LogP contribution >= 0.6 is 11.6 Å². The molecular weight excluding hydrogens is 286 g/mol. The molecule has 0 saturated carbocycles. The van der Waals surface area contributed by atoms with Crippen molar-refractivity contribution >= 4 is 29.4 Å². The third kappa shape index (κ3) is 1.87. The summed E-state index contributed by atoms with van der Waals surface area (Å²) in [5, 5.41) is 6.35. The van der Waals surface area contributed by atoms with Crippen LogP contribution in [0.4, 0.5) is 10.6 Å². The Labute approximate surface area is 119 Å². The highest BCUT2D eigenvalue weighted by atomic mass is 35.5. The van der Waals surface area contributed by atoms with E-state index in [1.54, 1.807) is 11.9 Å². The molecule has 2 aliphatic heterocycles. The quantitative estimate of drug-likeness (QED) is 0.776. The summed E-state index contributed by atoms with van der Waals surface area (Å²) >= 11 is 5.92. The first-order valence-electron chi connectivity index (χ1n) is 6.15. The van der Waals surface area contributed by atoms with Gasteiger partial charge in [0.1, 0.15) is 10.7 Å². The van der Waals surface area contributed by atoms with Crippen LogP contribution in [-0.4, -0.2) is 64.3 Å². The molecule has 1 aromatic rings. The van der Waals surface area contributed by atoms with Crippen LogP contribution in [0.3, 0.4) is 0 Å². The Balaban J connectivity index is 1.76. The fourth-order valence-electron chi connectivity index (χ4n) is 2.66. The molecule has 1 atom stereocenters. The Hall–Kier alpha value is -1.96. The molecule has 108 valence electrons. The number of aromatic amines is 1. The number of carbonyl (C=O) groups is 2. The third-order valence-electron chi connectivity index (χ3n) is 3.69. The number of halogens is 1. The van der Waals surface area contributed by atoms with Crippen molar-refractivity contribution in [3.8, 4) is 0 Å². The van der Waals surface area contributed by atoms with Gasteiger partial charge in [-0.15, -0.1) is 0 Å². The average Bonchev–Trinajstić information content (AvgIpc) is 3.03. The van der Waals surface area contributed by atoms with E-state index < -0.39 is 5.60 Å². The first-order chi connectivity index (χ1) is 9.42. The summed E-state index contributed by atoms with van der Waals surface area (Å²) < 4.78 is 5.38. The molecule has 2 aliphatic rings. The molecule has 20 heavy (non-hydrogen) atoms. The summed E-state index contributed by atoms with van der Waals surface area (Å²) in [7, 11) is 1.67. The molecule has 3 rings (SSSR count). The second kappa shape index (κ2) is 4.27. The zero-order chi connectivity index (χ0) is 14.5. The Morgan fingerprint density at radius 2 is 2.30 bits per heavy atom. The smallest absolute Gasteiger partial charge is 0.410 e. The summed E-state index contributed by atoms with van der Waals surface area (Å²) in [6.45, 7) is 1.32. The van der Waals surface area contributed by atoms with E-state index in [0.29, 0.717) is 26.1 Å². The molecule has 0 aromatic carbocycles. The number of carbonyl (C=O) groups excluding carboxylic acids is 2. The maximum absolute atomic E-state index is 12.3. The Morgan fingerprint density at radius 1 is 1.55 bits per heavy atom. The molecule has 0 unspecified atom stereocenters. The topological polar surface area (TPSA) is 105 Å². The van der Waals surface area contributed by atoms with Gasteiger partial charge in [0.05, 0.1) is 13.1 Å². The lowest BCUT2D eigenvalue weighted by Gasteiger charge is -2.21. The van der Waals surface area contributed by atoms with Gasteiger partial charge in [-0.05, 0) is 0 Å². The monoisotopic (exact) mass is 299 g/mol. The molecule has 0 bridgehead atoms. The number of amides is 2. The van der Waals surface area contributed by atoms with E-state index >= 15 is 0 Å². The maximum atomic E-state index is 12.3. The van der Waals surface area contributed by atoms with E-state index in [9.17, 15) is 9.59 Å². The van der Waals surface area contributed by atoms with Crippen LogP contribution in [0.1, 0.15) is 16.9 Å². The minimum atomic E-state index is -0.612. The summed E-state index contributed by atoms with van der Waals surface area (Å²) in [6.07, 6.45) is 0.249. The molecular formula is C11H14ClN5O3. The van der Waals surface area contributed by atoms with Crippen LogP contribution in [0.5, 0.6) is 0 Å². The number of H-pyrrole nitrogens is 1. The molecule has 0 radical (unpaired) electrons. The highest BCUT2D eigenvalue weighted by Crippen LogP contribution is 2.33. The zero-order valence-corrected chi connectivity index (χ0v) is 11.6. The predicted molar refractivity (Wildman–Crippen MR) is 70.4 cm³/mol. The van der Waals surface area contributed by atoms with E-state index in [1.807, 2.05) is 0 Å². The number of anilines is 1. The Morgan fingerprint density at radius 3 is 2.85 bits per heavy atom. The van der Waals surface area contributed by atoms with Gasteiger partial charge in [-0.1, -0.05) is 11.6 Å². The fourth-order valence-corrected chi connectivity index (χ4v) is 2.83. The molecule has 0 aliphatic carbocycles. The minimum Gasteiger partial charge on any atom is -0.439 e. The number of aromatic nitrogens is 2. The third-order valence-corrected chi connectivity index (χ3v) is 4.07. The second-order valence-corrected chi connectivity index (χ2v) is 5.56. The summed E-state index contributed by atoms with van der Waals surface area (Å²) in [5.41, 5.74) is 5.06. The molecule has 3 N–H and O–H groups in total. The van der Waals surface area contributed by atoms with Gasteiger partial charge in [0.15, 0.2) is 11.4 Å². The molecule has 3 heterocycles. The molecule has 9 heteroatoms. The van der Waals surface area contributed by atoms with Crippen LogP contribution in [0.15, 0.2) is 0 Å². The Kier molecular flexibility index (Phi) is 2.79. The molecule has 1 spiro atoms. The van der Waals surface area contributed by atoms with Crippen molar-refractivity contribution in [1.29, 1.82) is 0 Å². The Bertz CT molecular complexity index is 589. The molecule has 2 saturated heterocycles. The number of likely N-dealkylation sites (N-methyl/N-ethyl adjacent to an activating group) is 1. The van der Waals surface area contributed by atoms with Crippen molar-refractivity contribution in [2.24, 2.45) is 0 Å². The summed E-state index contributed by atoms with van der Waals surface area (Å²) in [5.74, 6) is -0.197. The minimum absolute atomic E-state index is 0.0935. The van der Waals surface area contributed by atoms with Gasteiger partial charge >= 0.3 is 6.09 Å². The lowest BCUT2D eigenvalue weighted by atomic mass is 10.0. The molecule has 2 amide bonds. The van der Waals surface area contributed by atoms with Crippen LogP contribution < -0.4 is 5.73 Å². The van der Waals surface area contributed by atoms with Crippen LogP contribution in [0, 0.1) is 0 Å². The lowest BCUT2D eigenvalue weighted by molar-refractivity contribution is 0.0550. The maximum Gasteiger partial charge on any atom is 0.410 e. The van der Waals surface area contributed by atoms with Gasteiger partial charge in [-0.25, -0.2) is 4.79 Å². The normalized spacial score (nSPS) is 25.6. The summed E-state index contributed by atoms with van der Waals surface area (Å²) in [4.78, 5) is 26.9. The fraction of sp³-hybridized carbons (Fsp3) is 0.545.